The number of rotatable bonds is 3. The molecule has 0 fully saturated rings. The van der Waals surface area contributed by atoms with Gasteiger partial charge in [0.1, 0.15) is 5.56 Å². The standard InChI is InChI=1S/C15H13F3N4O2S.ClH/c16-15(17,18)9-3-8(6-19)4-10(5-9)21-12(23)11-7-20-14-22(13(11)24)1-2-25-14;/h3-5,7H,1-2,6,19H2,(H,21,23);1H. The molecule has 0 radical (unpaired) electrons. The van der Waals surface area contributed by atoms with E-state index in [1.165, 1.54) is 22.4 Å². The van der Waals surface area contributed by atoms with E-state index in [-0.39, 0.29) is 35.8 Å². The number of halogens is 4. The van der Waals surface area contributed by atoms with E-state index in [2.05, 4.69) is 10.3 Å². The Hall–Kier alpha value is -2.04. The molecule has 0 unspecified atom stereocenters. The lowest BCUT2D eigenvalue weighted by Gasteiger charge is -2.12. The maximum Gasteiger partial charge on any atom is 0.416 e. The largest absolute Gasteiger partial charge is 0.416 e. The normalized spacial score (nSPS) is 13.1. The fraction of sp³-hybridized carbons (Fsp3) is 0.267. The zero-order valence-electron chi connectivity index (χ0n) is 13.2. The Balaban J connectivity index is 0.00000243. The van der Waals surface area contributed by atoms with Crippen LogP contribution in [0.15, 0.2) is 34.3 Å². The number of carbonyl (C=O) groups is 1. The monoisotopic (exact) mass is 406 g/mol. The zero-order chi connectivity index (χ0) is 18.2. The number of aromatic nitrogens is 2. The summed E-state index contributed by atoms with van der Waals surface area (Å²) in [4.78, 5) is 28.6. The Morgan fingerprint density at radius 1 is 1.35 bits per heavy atom. The molecule has 1 amide bonds. The number of fused-ring (bicyclic) bond motifs is 1. The minimum atomic E-state index is -4.57. The second kappa shape index (κ2) is 7.68. The van der Waals surface area contributed by atoms with Crippen molar-refractivity contribution in [1.29, 1.82) is 0 Å². The Morgan fingerprint density at radius 2 is 2.08 bits per heavy atom. The number of hydrogen-bond donors (Lipinski definition) is 2. The smallest absolute Gasteiger partial charge is 0.326 e. The van der Waals surface area contributed by atoms with E-state index in [4.69, 9.17) is 5.73 Å². The van der Waals surface area contributed by atoms with Crippen LogP contribution in [0.1, 0.15) is 21.5 Å². The van der Waals surface area contributed by atoms with Gasteiger partial charge in [0.15, 0.2) is 5.16 Å². The SMILES string of the molecule is Cl.NCc1cc(NC(=O)c2cnc3n(c2=O)CCS3)cc(C(F)(F)F)c1. The summed E-state index contributed by atoms with van der Waals surface area (Å²) in [6.45, 7) is 0.320. The van der Waals surface area contributed by atoms with Crippen LogP contribution in [0.4, 0.5) is 18.9 Å². The number of nitrogens with one attached hydrogen (secondary N) is 1. The minimum absolute atomic E-state index is 0. The molecule has 26 heavy (non-hydrogen) atoms. The van der Waals surface area contributed by atoms with Crippen molar-refractivity contribution in [2.24, 2.45) is 5.73 Å². The van der Waals surface area contributed by atoms with Crippen molar-refractivity contribution in [3.05, 3.63) is 51.4 Å². The molecule has 1 aromatic carbocycles. The number of amides is 1. The van der Waals surface area contributed by atoms with E-state index in [0.29, 0.717) is 17.5 Å². The van der Waals surface area contributed by atoms with Crippen LogP contribution in [-0.4, -0.2) is 21.2 Å². The third kappa shape index (κ3) is 4.02. The lowest BCUT2D eigenvalue weighted by atomic mass is 10.1. The van der Waals surface area contributed by atoms with Crippen LogP contribution in [0, 0.1) is 0 Å². The summed E-state index contributed by atoms with van der Waals surface area (Å²) in [6.07, 6.45) is -3.43. The van der Waals surface area contributed by atoms with Crippen LogP contribution in [0.5, 0.6) is 0 Å². The predicted molar refractivity (Wildman–Crippen MR) is 93.8 cm³/mol. The van der Waals surface area contributed by atoms with Crippen LogP contribution < -0.4 is 16.6 Å². The van der Waals surface area contributed by atoms with Crippen molar-refractivity contribution in [1.82, 2.24) is 9.55 Å². The van der Waals surface area contributed by atoms with E-state index in [1.54, 1.807) is 0 Å². The molecule has 1 aromatic heterocycles. The molecular weight excluding hydrogens is 393 g/mol. The third-order valence-electron chi connectivity index (χ3n) is 3.61. The van der Waals surface area contributed by atoms with Gasteiger partial charge in [0.25, 0.3) is 11.5 Å². The molecule has 3 N–H and O–H groups in total. The number of nitrogens with two attached hydrogens (primary N) is 1. The van der Waals surface area contributed by atoms with Crippen molar-refractivity contribution >= 4 is 35.8 Å². The van der Waals surface area contributed by atoms with Gasteiger partial charge in [0.05, 0.1) is 5.56 Å². The van der Waals surface area contributed by atoms with Gasteiger partial charge in [-0.1, -0.05) is 11.8 Å². The highest BCUT2D eigenvalue weighted by atomic mass is 35.5. The molecule has 1 aliphatic heterocycles. The Morgan fingerprint density at radius 3 is 2.73 bits per heavy atom. The highest BCUT2D eigenvalue weighted by molar-refractivity contribution is 7.99. The van der Waals surface area contributed by atoms with Crippen molar-refractivity contribution in [2.75, 3.05) is 11.1 Å². The zero-order valence-corrected chi connectivity index (χ0v) is 14.8. The third-order valence-corrected chi connectivity index (χ3v) is 4.59. The summed E-state index contributed by atoms with van der Waals surface area (Å²) in [5.41, 5.74) is 3.88. The van der Waals surface area contributed by atoms with E-state index < -0.39 is 23.2 Å². The summed E-state index contributed by atoms with van der Waals surface area (Å²) in [5, 5.41) is 2.84. The first-order valence-corrected chi connectivity index (χ1v) is 8.23. The minimum Gasteiger partial charge on any atom is -0.326 e. The Kier molecular flexibility index (Phi) is 5.99. The lowest BCUT2D eigenvalue weighted by Crippen LogP contribution is -2.29. The number of alkyl halides is 3. The fourth-order valence-corrected chi connectivity index (χ4v) is 3.33. The van der Waals surface area contributed by atoms with Gasteiger partial charge in [-0.2, -0.15) is 13.2 Å². The van der Waals surface area contributed by atoms with Crippen LogP contribution >= 0.6 is 24.2 Å². The first-order valence-electron chi connectivity index (χ1n) is 7.25. The first kappa shape index (κ1) is 20.3. The number of hydrogen-bond acceptors (Lipinski definition) is 5. The van der Waals surface area contributed by atoms with Crippen LogP contribution in [-0.2, 0) is 19.3 Å². The molecule has 140 valence electrons. The number of nitrogens with zero attached hydrogens (tertiary/aromatic N) is 2. The first-order chi connectivity index (χ1) is 11.8. The summed E-state index contributed by atoms with van der Waals surface area (Å²) in [7, 11) is 0. The molecule has 0 aliphatic carbocycles. The average molecular weight is 407 g/mol. The van der Waals surface area contributed by atoms with Gasteiger partial charge in [-0.3, -0.25) is 14.2 Å². The summed E-state index contributed by atoms with van der Waals surface area (Å²) >= 11 is 1.40. The molecule has 0 atom stereocenters. The topological polar surface area (TPSA) is 90.0 Å². The number of carbonyl (C=O) groups excluding carboxylic acids is 1. The average Bonchev–Trinajstić information content (AvgIpc) is 3.03. The van der Waals surface area contributed by atoms with Crippen LogP contribution in [0.2, 0.25) is 0 Å². The number of anilines is 1. The molecule has 0 bridgehead atoms. The molecule has 0 spiro atoms. The van der Waals surface area contributed by atoms with E-state index in [0.717, 1.165) is 18.3 Å². The molecule has 1 aliphatic rings. The summed E-state index contributed by atoms with van der Waals surface area (Å²) in [5.74, 6) is -0.132. The Bertz CT molecular complexity index is 901. The maximum absolute atomic E-state index is 12.9. The van der Waals surface area contributed by atoms with E-state index >= 15 is 0 Å². The van der Waals surface area contributed by atoms with Gasteiger partial charge in [-0.25, -0.2) is 4.98 Å². The Labute approximate surface area is 156 Å². The summed E-state index contributed by atoms with van der Waals surface area (Å²) < 4.78 is 40.2. The molecule has 3 rings (SSSR count). The van der Waals surface area contributed by atoms with Crippen molar-refractivity contribution in [3.8, 4) is 0 Å². The van der Waals surface area contributed by atoms with Crippen molar-refractivity contribution < 1.29 is 18.0 Å². The molecule has 0 saturated heterocycles. The maximum atomic E-state index is 12.9. The highest BCUT2D eigenvalue weighted by Crippen LogP contribution is 2.32. The number of benzene rings is 1. The lowest BCUT2D eigenvalue weighted by molar-refractivity contribution is -0.137. The second-order valence-corrected chi connectivity index (χ2v) is 6.40. The second-order valence-electron chi connectivity index (χ2n) is 5.33. The van der Waals surface area contributed by atoms with Crippen molar-refractivity contribution in [3.63, 3.8) is 0 Å². The molecular formula is C15H14ClF3N4O2S. The van der Waals surface area contributed by atoms with Gasteiger partial charge in [0, 0.05) is 30.7 Å². The summed E-state index contributed by atoms with van der Waals surface area (Å²) in [6, 6.07) is 3.05. The van der Waals surface area contributed by atoms with Crippen LogP contribution in [0.3, 0.4) is 0 Å². The fourth-order valence-electron chi connectivity index (χ4n) is 2.42. The van der Waals surface area contributed by atoms with Gasteiger partial charge >= 0.3 is 6.18 Å². The molecule has 0 saturated carbocycles. The number of thioether (sulfide) groups is 1. The highest BCUT2D eigenvalue weighted by Gasteiger charge is 2.31. The van der Waals surface area contributed by atoms with Crippen molar-refractivity contribution in [2.45, 2.75) is 24.4 Å². The van der Waals surface area contributed by atoms with Crippen LogP contribution in [0.25, 0.3) is 0 Å². The van der Waals surface area contributed by atoms with E-state index in [9.17, 15) is 22.8 Å². The van der Waals surface area contributed by atoms with Gasteiger partial charge in [-0.05, 0) is 23.8 Å². The molecule has 6 nitrogen and oxygen atoms in total. The molecule has 2 heterocycles. The molecule has 11 heteroatoms. The quantitative estimate of drug-likeness (QED) is 0.764. The van der Waals surface area contributed by atoms with E-state index in [1.807, 2.05) is 0 Å². The van der Waals surface area contributed by atoms with Gasteiger partial charge < -0.3 is 11.1 Å². The predicted octanol–water partition coefficient (Wildman–Crippen LogP) is 2.50. The van der Waals surface area contributed by atoms with Gasteiger partial charge in [-0.15, -0.1) is 12.4 Å². The molecule has 2 aromatic rings. The van der Waals surface area contributed by atoms with Gasteiger partial charge in [0.2, 0.25) is 0 Å².